The van der Waals surface area contributed by atoms with E-state index in [2.05, 4.69) is 16.2 Å². The van der Waals surface area contributed by atoms with Crippen LogP contribution in [0.25, 0.3) is 0 Å². The van der Waals surface area contributed by atoms with Gasteiger partial charge in [-0.1, -0.05) is 11.6 Å². The van der Waals surface area contributed by atoms with E-state index in [1.165, 1.54) is 31.3 Å². The van der Waals surface area contributed by atoms with Crippen molar-refractivity contribution in [2.24, 2.45) is 0 Å². The molecule has 1 aromatic rings. The van der Waals surface area contributed by atoms with Crippen molar-refractivity contribution in [3.05, 3.63) is 18.0 Å². The summed E-state index contributed by atoms with van der Waals surface area (Å²) < 4.78 is 1.80. The van der Waals surface area contributed by atoms with Crippen LogP contribution in [0.5, 0.6) is 0 Å². The van der Waals surface area contributed by atoms with E-state index >= 15 is 0 Å². The Labute approximate surface area is 77.5 Å². The topological polar surface area (TPSA) is 56.7 Å². The molecule has 0 saturated carbocycles. The summed E-state index contributed by atoms with van der Waals surface area (Å²) in [6.07, 6.45) is 9.02. The molecule has 1 aliphatic rings. The molecule has 4 heteroatoms. The lowest BCUT2D eigenvalue weighted by Crippen LogP contribution is -2.04. The maximum Gasteiger partial charge on any atom is 0.239 e. The first-order chi connectivity index (χ1) is 6.34. The number of rotatable bonds is 2. The standard InChI is InChI=1S/C9H14N4/c10-9-11-7-13(12-9)6-8-4-2-1-3-5-8/h4,7H,1-3,5-6H2,(H2,10,12). The molecular formula is C9H14N4. The first kappa shape index (κ1) is 8.29. The summed E-state index contributed by atoms with van der Waals surface area (Å²) in [4.78, 5) is 3.88. The fourth-order valence-corrected chi connectivity index (χ4v) is 1.64. The zero-order valence-electron chi connectivity index (χ0n) is 7.61. The van der Waals surface area contributed by atoms with Crippen LogP contribution in [0.4, 0.5) is 5.95 Å². The molecule has 2 rings (SSSR count). The molecule has 0 fully saturated rings. The van der Waals surface area contributed by atoms with Crippen LogP contribution in [0, 0.1) is 0 Å². The van der Waals surface area contributed by atoms with Gasteiger partial charge in [-0.25, -0.2) is 9.67 Å². The van der Waals surface area contributed by atoms with Crippen LogP contribution >= 0.6 is 0 Å². The Kier molecular flexibility index (Phi) is 2.29. The Bertz CT molecular complexity index is 313. The summed E-state index contributed by atoms with van der Waals surface area (Å²) in [7, 11) is 0. The zero-order chi connectivity index (χ0) is 9.10. The Morgan fingerprint density at radius 2 is 2.38 bits per heavy atom. The largest absolute Gasteiger partial charge is 0.367 e. The number of hydrogen-bond donors (Lipinski definition) is 1. The van der Waals surface area contributed by atoms with Crippen molar-refractivity contribution in [2.75, 3.05) is 5.73 Å². The molecule has 70 valence electrons. The van der Waals surface area contributed by atoms with Gasteiger partial charge in [0, 0.05) is 0 Å². The van der Waals surface area contributed by atoms with Gasteiger partial charge in [0.15, 0.2) is 0 Å². The lowest BCUT2D eigenvalue weighted by molar-refractivity contribution is 0.608. The van der Waals surface area contributed by atoms with E-state index in [1.54, 1.807) is 11.0 Å². The van der Waals surface area contributed by atoms with E-state index in [9.17, 15) is 0 Å². The van der Waals surface area contributed by atoms with Gasteiger partial charge in [0.1, 0.15) is 6.33 Å². The molecule has 0 atom stereocenters. The second-order valence-corrected chi connectivity index (χ2v) is 3.41. The Morgan fingerprint density at radius 3 is 3.00 bits per heavy atom. The molecule has 0 bridgehead atoms. The second kappa shape index (κ2) is 3.60. The van der Waals surface area contributed by atoms with Crippen molar-refractivity contribution in [2.45, 2.75) is 32.2 Å². The number of allylic oxidation sites excluding steroid dienone is 2. The third kappa shape index (κ3) is 2.08. The van der Waals surface area contributed by atoms with Crippen molar-refractivity contribution >= 4 is 5.95 Å². The molecule has 0 unspecified atom stereocenters. The minimum atomic E-state index is 0.358. The van der Waals surface area contributed by atoms with Crippen LogP contribution < -0.4 is 5.73 Å². The van der Waals surface area contributed by atoms with Crippen LogP contribution in [-0.2, 0) is 6.54 Å². The van der Waals surface area contributed by atoms with Gasteiger partial charge in [0.05, 0.1) is 6.54 Å². The average Bonchev–Trinajstić information content (AvgIpc) is 2.53. The average molecular weight is 178 g/mol. The molecule has 0 amide bonds. The van der Waals surface area contributed by atoms with Gasteiger partial charge in [-0.2, -0.15) is 0 Å². The Balaban J connectivity index is 2.01. The molecular weight excluding hydrogens is 164 g/mol. The predicted octanol–water partition coefficient (Wildman–Crippen LogP) is 1.36. The van der Waals surface area contributed by atoms with Crippen molar-refractivity contribution in [1.29, 1.82) is 0 Å². The molecule has 4 nitrogen and oxygen atoms in total. The van der Waals surface area contributed by atoms with Crippen LogP contribution in [0.3, 0.4) is 0 Å². The summed E-state index contributed by atoms with van der Waals surface area (Å²) in [5.74, 6) is 0.358. The smallest absolute Gasteiger partial charge is 0.239 e. The van der Waals surface area contributed by atoms with E-state index < -0.39 is 0 Å². The monoisotopic (exact) mass is 178 g/mol. The summed E-state index contributed by atoms with van der Waals surface area (Å²) in [6.45, 7) is 0.851. The number of nitrogens with zero attached hydrogens (tertiary/aromatic N) is 3. The van der Waals surface area contributed by atoms with Gasteiger partial charge < -0.3 is 5.73 Å². The number of nitrogen functional groups attached to an aromatic ring is 1. The van der Waals surface area contributed by atoms with Gasteiger partial charge in [0.2, 0.25) is 5.95 Å². The summed E-state index contributed by atoms with van der Waals surface area (Å²) in [5, 5.41) is 4.05. The SMILES string of the molecule is Nc1ncn(CC2=CCCCC2)n1. The molecule has 2 N–H and O–H groups in total. The first-order valence-corrected chi connectivity index (χ1v) is 4.67. The Hall–Kier alpha value is -1.32. The predicted molar refractivity (Wildman–Crippen MR) is 51.0 cm³/mol. The highest BCUT2D eigenvalue weighted by molar-refractivity contribution is 5.11. The highest BCUT2D eigenvalue weighted by Crippen LogP contribution is 2.18. The summed E-state index contributed by atoms with van der Waals surface area (Å²) >= 11 is 0. The van der Waals surface area contributed by atoms with Crippen molar-refractivity contribution < 1.29 is 0 Å². The molecule has 1 heterocycles. The summed E-state index contributed by atoms with van der Waals surface area (Å²) in [6, 6.07) is 0. The number of hydrogen-bond acceptors (Lipinski definition) is 3. The number of anilines is 1. The van der Waals surface area contributed by atoms with Gasteiger partial charge in [-0.05, 0) is 25.7 Å². The molecule has 1 aromatic heterocycles. The van der Waals surface area contributed by atoms with Crippen molar-refractivity contribution in [3.63, 3.8) is 0 Å². The minimum absolute atomic E-state index is 0.358. The molecule has 0 aliphatic heterocycles. The fraction of sp³-hybridized carbons (Fsp3) is 0.556. The fourth-order valence-electron chi connectivity index (χ4n) is 1.64. The first-order valence-electron chi connectivity index (χ1n) is 4.67. The van der Waals surface area contributed by atoms with E-state index in [0.717, 1.165) is 6.54 Å². The lowest BCUT2D eigenvalue weighted by Gasteiger charge is -2.11. The molecule has 0 aromatic carbocycles. The van der Waals surface area contributed by atoms with Crippen LogP contribution in [0.1, 0.15) is 25.7 Å². The second-order valence-electron chi connectivity index (χ2n) is 3.41. The van der Waals surface area contributed by atoms with Crippen LogP contribution in [0.15, 0.2) is 18.0 Å². The highest BCUT2D eigenvalue weighted by Gasteiger charge is 2.04. The zero-order valence-corrected chi connectivity index (χ0v) is 7.61. The van der Waals surface area contributed by atoms with E-state index in [-0.39, 0.29) is 0 Å². The normalized spacial score (nSPS) is 17.1. The van der Waals surface area contributed by atoms with Gasteiger partial charge >= 0.3 is 0 Å². The maximum atomic E-state index is 5.42. The quantitative estimate of drug-likeness (QED) is 0.696. The molecule has 13 heavy (non-hydrogen) atoms. The van der Waals surface area contributed by atoms with Crippen molar-refractivity contribution in [3.8, 4) is 0 Å². The van der Waals surface area contributed by atoms with Gasteiger partial charge in [-0.15, -0.1) is 5.10 Å². The highest BCUT2D eigenvalue weighted by atomic mass is 15.4. The van der Waals surface area contributed by atoms with Gasteiger partial charge in [0.25, 0.3) is 0 Å². The van der Waals surface area contributed by atoms with Crippen molar-refractivity contribution in [1.82, 2.24) is 14.8 Å². The number of aromatic nitrogens is 3. The van der Waals surface area contributed by atoms with Crippen LogP contribution in [0.2, 0.25) is 0 Å². The molecule has 0 saturated heterocycles. The van der Waals surface area contributed by atoms with E-state index in [0.29, 0.717) is 5.95 Å². The lowest BCUT2D eigenvalue weighted by atomic mass is 10.00. The third-order valence-corrected chi connectivity index (χ3v) is 2.30. The molecule has 0 radical (unpaired) electrons. The molecule has 0 spiro atoms. The van der Waals surface area contributed by atoms with E-state index in [4.69, 9.17) is 5.73 Å². The van der Waals surface area contributed by atoms with Crippen LogP contribution in [-0.4, -0.2) is 14.8 Å². The third-order valence-electron chi connectivity index (χ3n) is 2.30. The summed E-state index contributed by atoms with van der Waals surface area (Å²) in [5.41, 5.74) is 6.88. The van der Waals surface area contributed by atoms with E-state index in [1.807, 2.05) is 0 Å². The maximum absolute atomic E-state index is 5.42. The number of nitrogens with two attached hydrogens (primary N) is 1. The molecule has 1 aliphatic carbocycles. The Morgan fingerprint density at radius 1 is 1.46 bits per heavy atom. The van der Waals surface area contributed by atoms with Gasteiger partial charge in [-0.3, -0.25) is 0 Å². The minimum Gasteiger partial charge on any atom is -0.367 e.